The Morgan fingerprint density at radius 3 is 2.59 bits per heavy atom. The molecule has 0 fully saturated rings. The molecule has 0 aliphatic heterocycles. The SMILES string of the molecule is N#CCSc1nc2ccccc2c(=O)n1Cc1ccccc1. The van der Waals surface area contributed by atoms with Crippen LogP contribution in [0.5, 0.6) is 0 Å². The van der Waals surface area contributed by atoms with E-state index in [4.69, 9.17) is 5.26 Å². The summed E-state index contributed by atoms with van der Waals surface area (Å²) in [5, 5.41) is 9.98. The Hall–Kier alpha value is -2.58. The Morgan fingerprint density at radius 2 is 1.82 bits per heavy atom. The van der Waals surface area contributed by atoms with Crippen molar-refractivity contribution in [1.29, 1.82) is 5.26 Å². The van der Waals surface area contributed by atoms with Crippen LogP contribution in [-0.4, -0.2) is 15.3 Å². The molecule has 0 amide bonds. The average molecular weight is 307 g/mol. The number of thioether (sulfide) groups is 1. The predicted octanol–water partition coefficient (Wildman–Crippen LogP) is 3.06. The lowest BCUT2D eigenvalue weighted by molar-refractivity contribution is 0.658. The molecule has 0 saturated heterocycles. The van der Waals surface area contributed by atoms with Gasteiger partial charge in [0.1, 0.15) is 0 Å². The summed E-state index contributed by atoms with van der Waals surface area (Å²) in [4.78, 5) is 17.3. The molecular formula is C17H13N3OS. The molecule has 108 valence electrons. The highest BCUT2D eigenvalue weighted by Crippen LogP contribution is 2.18. The van der Waals surface area contributed by atoms with E-state index >= 15 is 0 Å². The molecule has 5 heteroatoms. The van der Waals surface area contributed by atoms with E-state index in [9.17, 15) is 4.79 Å². The first-order chi connectivity index (χ1) is 10.8. The van der Waals surface area contributed by atoms with Crippen molar-refractivity contribution in [2.75, 3.05) is 5.75 Å². The van der Waals surface area contributed by atoms with E-state index in [0.29, 0.717) is 22.6 Å². The fourth-order valence-electron chi connectivity index (χ4n) is 2.26. The van der Waals surface area contributed by atoms with Crippen LogP contribution < -0.4 is 5.56 Å². The highest BCUT2D eigenvalue weighted by atomic mass is 32.2. The Kier molecular flexibility index (Phi) is 4.22. The van der Waals surface area contributed by atoms with Crippen LogP contribution in [0.15, 0.2) is 64.5 Å². The van der Waals surface area contributed by atoms with Gasteiger partial charge in [0.2, 0.25) is 0 Å². The zero-order chi connectivity index (χ0) is 15.4. The number of nitrogens with zero attached hydrogens (tertiary/aromatic N) is 3. The van der Waals surface area contributed by atoms with Crippen LogP contribution in [0.3, 0.4) is 0 Å². The number of hydrogen-bond acceptors (Lipinski definition) is 4. The van der Waals surface area contributed by atoms with Gasteiger partial charge in [-0.25, -0.2) is 4.98 Å². The van der Waals surface area contributed by atoms with Crippen LogP contribution in [0.4, 0.5) is 0 Å². The molecule has 0 N–H and O–H groups in total. The third kappa shape index (κ3) is 2.87. The van der Waals surface area contributed by atoms with E-state index in [1.807, 2.05) is 48.5 Å². The highest BCUT2D eigenvalue weighted by Gasteiger charge is 2.11. The molecule has 1 heterocycles. The number of hydrogen-bond donors (Lipinski definition) is 0. The first-order valence-corrected chi connectivity index (χ1v) is 7.81. The molecule has 0 bridgehead atoms. The maximum absolute atomic E-state index is 12.7. The number of aromatic nitrogens is 2. The van der Waals surface area contributed by atoms with Crippen molar-refractivity contribution >= 4 is 22.7 Å². The molecule has 22 heavy (non-hydrogen) atoms. The van der Waals surface area contributed by atoms with Gasteiger partial charge in [-0.05, 0) is 17.7 Å². The summed E-state index contributed by atoms with van der Waals surface area (Å²) in [5.41, 5.74) is 1.62. The maximum Gasteiger partial charge on any atom is 0.262 e. The fraction of sp³-hybridized carbons (Fsp3) is 0.118. The second kappa shape index (κ2) is 6.46. The van der Waals surface area contributed by atoms with E-state index in [-0.39, 0.29) is 11.3 Å². The standard InChI is InChI=1S/C17H13N3OS/c18-10-11-22-17-19-15-9-5-4-8-14(15)16(21)20(17)12-13-6-2-1-3-7-13/h1-9H,11-12H2. The molecule has 0 saturated carbocycles. The van der Waals surface area contributed by atoms with Crippen LogP contribution in [0.2, 0.25) is 0 Å². The zero-order valence-corrected chi connectivity index (χ0v) is 12.6. The third-order valence-corrected chi connectivity index (χ3v) is 4.12. The Morgan fingerprint density at radius 1 is 1.09 bits per heavy atom. The van der Waals surface area contributed by atoms with Gasteiger partial charge in [0.15, 0.2) is 5.16 Å². The highest BCUT2D eigenvalue weighted by molar-refractivity contribution is 7.99. The first-order valence-electron chi connectivity index (χ1n) is 6.83. The van der Waals surface area contributed by atoms with E-state index in [1.54, 1.807) is 10.6 Å². The van der Waals surface area contributed by atoms with Gasteiger partial charge in [-0.2, -0.15) is 5.26 Å². The van der Waals surface area contributed by atoms with Crippen molar-refractivity contribution in [3.8, 4) is 6.07 Å². The molecule has 0 atom stereocenters. The fourth-order valence-corrected chi connectivity index (χ4v) is 2.92. The summed E-state index contributed by atoms with van der Waals surface area (Å²) >= 11 is 1.29. The van der Waals surface area contributed by atoms with Crippen LogP contribution in [0, 0.1) is 11.3 Å². The van der Waals surface area contributed by atoms with Crippen molar-refractivity contribution in [2.45, 2.75) is 11.7 Å². The minimum atomic E-state index is -0.0742. The molecule has 0 aliphatic carbocycles. The molecule has 1 aromatic heterocycles. The lowest BCUT2D eigenvalue weighted by Gasteiger charge is -2.12. The molecule has 4 nitrogen and oxygen atoms in total. The number of para-hydroxylation sites is 1. The molecule has 0 radical (unpaired) electrons. The maximum atomic E-state index is 12.7. The Balaban J connectivity index is 2.15. The third-order valence-electron chi connectivity index (χ3n) is 3.28. The molecule has 3 rings (SSSR count). The van der Waals surface area contributed by atoms with Gasteiger partial charge in [-0.15, -0.1) is 0 Å². The largest absolute Gasteiger partial charge is 0.283 e. The van der Waals surface area contributed by atoms with Crippen molar-refractivity contribution in [2.24, 2.45) is 0 Å². The van der Waals surface area contributed by atoms with Gasteiger partial charge >= 0.3 is 0 Å². The minimum Gasteiger partial charge on any atom is -0.283 e. The van der Waals surface area contributed by atoms with Gasteiger partial charge in [-0.1, -0.05) is 54.2 Å². The molecule has 2 aromatic carbocycles. The van der Waals surface area contributed by atoms with Gasteiger partial charge in [0.05, 0.1) is 29.3 Å². The predicted molar refractivity (Wildman–Crippen MR) is 87.9 cm³/mol. The van der Waals surface area contributed by atoms with Crippen LogP contribution >= 0.6 is 11.8 Å². The molecule has 0 spiro atoms. The molecule has 0 unspecified atom stereocenters. The number of benzene rings is 2. The molecular weight excluding hydrogens is 294 g/mol. The average Bonchev–Trinajstić information content (AvgIpc) is 2.57. The van der Waals surface area contributed by atoms with Crippen molar-refractivity contribution in [1.82, 2.24) is 9.55 Å². The van der Waals surface area contributed by atoms with E-state index in [0.717, 1.165) is 5.56 Å². The summed E-state index contributed by atoms with van der Waals surface area (Å²) < 4.78 is 1.64. The second-order valence-electron chi connectivity index (χ2n) is 4.74. The zero-order valence-electron chi connectivity index (χ0n) is 11.8. The molecule has 0 aliphatic rings. The summed E-state index contributed by atoms with van der Waals surface area (Å²) in [5.74, 6) is 0.263. The van der Waals surface area contributed by atoms with Gasteiger partial charge in [0.25, 0.3) is 5.56 Å². The van der Waals surface area contributed by atoms with Gasteiger partial charge in [-0.3, -0.25) is 9.36 Å². The normalized spacial score (nSPS) is 10.5. The van der Waals surface area contributed by atoms with Crippen LogP contribution in [0.25, 0.3) is 10.9 Å². The number of nitriles is 1. The van der Waals surface area contributed by atoms with Crippen molar-refractivity contribution in [3.63, 3.8) is 0 Å². The quantitative estimate of drug-likeness (QED) is 0.549. The summed E-state index contributed by atoms with van der Waals surface area (Å²) in [6, 6.07) is 19.1. The Labute approximate surface area is 132 Å². The van der Waals surface area contributed by atoms with Crippen LogP contribution in [-0.2, 0) is 6.54 Å². The summed E-state index contributed by atoms with van der Waals surface area (Å²) in [6.07, 6.45) is 0. The first kappa shape index (κ1) is 14.4. The van der Waals surface area contributed by atoms with Crippen molar-refractivity contribution in [3.05, 3.63) is 70.5 Å². The smallest absolute Gasteiger partial charge is 0.262 e. The number of rotatable bonds is 4. The van der Waals surface area contributed by atoms with E-state index < -0.39 is 0 Å². The summed E-state index contributed by atoms with van der Waals surface area (Å²) in [6.45, 7) is 0.450. The van der Waals surface area contributed by atoms with E-state index in [2.05, 4.69) is 11.1 Å². The van der Waals surface area contributed by atoms with Gasteiger partial charge < -0.3 is 0 Å². The van der Waals surface area contributed by atoms with E-state index in [1.165, 1.54) is 11.8 Å². The second-order valence-corrected chi connectivity index (χ2v) is 5.68. The minimum absolute atomic E-state index is 0.0742. The van der Waals surface area contributed by atoms with Gasteiger partial charge in [0, 0.05) is 0 Å². The monoisotopic (exact) mass is 307 g/mol. The lowest BCUT2D eigenvalue weighted by Crippen LogP contribution is -2.24. The lowest BCUT2D eigenvalue weighted by atomic mass is 10.2. The van der Waals surface area contributed by atoms with Crippen molar-refractivity contribution < 1.29 is 0 Å². The topological polar surface area (TPSA) is 58.7 Å². The summed E-state index contributed by atoms with van der Waals surface area (Å²) in [7, 11) is 0. The number of fused-ring (bicyclic) bond motifs is 1. The van der Waals surface area contributed by atoms with Crippen LogP contribution in [0.1, 0.15) is 5.56 Å². The molecule has 3 aromatic rings. The Bertz CT molecular complexity index is 897.